The van der Waals surface area contributed by atoms with Crippen LogP contribution in [-0.4, -0.2) is 48.9 Å². The van der Waals surface area contributed by atoms with Gasteiger partial charge in [-0.2, -0.15) is 0 Å². The van der Waals surface area contributed by atoms with Crippen molar-refractivity contribution in [1.82, 2.24) is 0 Å². The molecule has 0 bridgehead atoms. The summed E-state index contributed by atoms with van der Waals surface area (Å²) in [5.41, 5.74) is 2.65. The second-order valence-corrected chi connectivity index (χ2v) is 4.72. The number of rotatable bonds is 4. The quantitative estimate of drug-likeness (QED) is 0.638. The Bertz CT molecular complexity index is 448. The minimum absolute atomic E-state index is 0.319. The number of nitrogens with zero attached hydrogens (tertiary/aromatic N) is 2. The molecule has 104 valence electrons. The van der Waals surface area contributed by atoms with E-state index in [0.717, 1.165) is 30.6 Å². The number of methoxy groups -OCH3 is 1. The second-order valence-electron chi connectivity index (χ2n) is 4.72. The lowest BCUT2D eigenvalue weighted by atomic mass is 10.1. The molecule has 2 rings (SSSR count). The average molecular weight is 264 g/mol. The third-order valence-electron chi connectivity index (χ3n) is 3.31. The zero-order valence-electron chi connectivity index (χ0n) is 11.1. The van der Waals surface area contributed by atoms with E-state index < -0.39 is 6.10 Å². The predicted molar refractivity (Wildman–Crippen MR) is 74.1 cm³/mol. The number of hydrogen-bond donors (Lipinski definition) is 2. The number of aliphatic hydroxyl groups is 1. The number of fused-ring (bicyclic) bond motifs is 1. The maximum absolute atomic E-state index is 9.90. The first kappa shape index (κ1) is 13.8. The van der Waals surface area contributed by atoms with Crippen LogP contribution in [0, 0.1) is 0 Å². The molecule has 0 radical (unpaired) electrons. The Morgan fingerprint density at radius 1 is 1.42 bits per heavy atom. The van der Waals surface area contributed by atoms with Crippen LogP contribution in [0.5, 0.6) is 0 Å². The molecule has 5 nitrogen and oxygen atoms in total. The molecule has 0 saturated carbocycles. The van der Waals surface area contributed by atoms with Crippen molar-refractivity contribution in [2.45, 2.75) is 18.9 Å². The topological polar surface area (TPSA) is 65.3 Å². The van der Waals surface area contributed by atoms with Gasteiger partial charge in [-0.3, -0.25) is 0 Å². The van der Waals surface area contributed by atoms with Crippen LogP contribution in [-0.2, 0) is 4.74 Å². The molecule has 0 spiro atoms. The molecule has 0 aromatic heterocycles. The molecule has 0 amide bonds. The Morgan fingerprint density at radius 3 is 2.95 bits per heavy atom. The molecule has 1 aromatic rings. The van der Waals surface area contributed by atoms with Crippen molar-refractivity contribution in [2.75, 3.05) is 31.7 Å². The third kappa shape index (κ3) is 3.24. The lowest BCUT2D eigenvalue weighted by Crippen LogP contribution is -2.35. The van der Waals surface area contributed by atoms with E-state index in [1.165, 1.54) is 0 Å². The first-order valence-corrected chi connectivity index (χ1v) is 6.48. The van der Waals surface area contributed by atoms with Crippen molar-refractivity contribution in [3.8, 4) is 0 Å². The summed E-state index contributed by atoms with van der Waals surface area (Å²) in [6.45, 7) is 1.67. The largest absolute Gasteiger partial charge is 0.411 e. The minimum Gasteiger partial charge on any atom is -0.411 e. The van der Waals surface area contributed by atoms with E-state index in [1.807, 2.05) is 24.3 Å². The highest BCUT2D eigenvalue weighted by atomic mass is 16.5. The van der Waals surface area contributed by atoms with E-state index in [9.17, 15) is 5.11 Å². The van der Waals surface area contributed by atoms with Gasteiger partial charge in [-0.25, -0.2) is 0 Å². The molecule has 0 saturated heterocycles. The lowest BCUT2D eigenvalue weighted by molar-refractivity contribution is 0.0688. The van der Waals surface area contributed by atoms with E-state index >= 15 is 0 Å². The van der Waals surface area contributed by atoms with Gasteiger partial charge < -0.3 is 20.0 Å². The van der Waals surface area contributed by atoms with Gasteiger partial charge in [0.05, 0.1) is 18.4 Å². The van der Waals surface area contributed by atoms with Crippen molar-refractivity contribution in [1.29, 1.82) is 0 Å². The second kappa shape index (κ2) is 6.54. The Morgan fingerprint density at radius 2 is 2.21 bits per heavy atom. The summed E-state index contributed by atoms with van der Waals surface area (Å²) in [7, 11) is 1.58. The number of anilines is 1. The van der Waals surface area contributed by atoms with E-state index in [2.05, 4.69) is 10.1 Å². The van der Waals surface area contributed by atoms with Gasteiger partial charge in [-0.1, -0.05) is 23.4 Å². The van der Waals surface area contributed by atoms with E-state index in [0.29, 0.717) is 18.9 Å². The molecular formula is C14H20N2O3. The van der Waals surface area contributed by atoms with Crippen LogP contribution in [0.1, 0.15) is 18.4 Å². The fraction of sp³-hybridized carbons (Fsp3) is 0.500. The van der Waals surface area contributed by atoms with Gasteiger partial charge in [-0.15, -0.1) is 0 Å². The van der Waals surface area contributed by atoms with E-state index in [1.54, 1.807) is 7.11 Å². The fourth-order valence-corrected chi connectivity index (χ4v) is 2.48. The Kier molecular flexibility index (Phi) is 4.76. The molecule has 1 aliphatic heterocycles. The number of para-hydroxylation sites is 1. The molecule has 1 aromatic carbocycles. The van der Waals surface area contributed by atoms with Crippen LogP contribution >= 0.6 is 0 Å². The minimum atomic E-state index is -0.523. The number of ether oxygens (including phenoxy) is 1. The average Bonchev–Trinajstić information content (AvgIpc) is 2.59. The van der Waals surface area contributed by atoms with Crippen molar-refractivity contribution in [3.63, 3.8) is 0 Å². The first-order chi connectivity index (χ1) is 9.26. The number of hydrogen-bond acceptors (Lipinski definition) is 5. The maximum Gasteiger partial charge on any atom is 0.0947 e. The summed E-state index contributed by atoms with van der Waals surface area (Å²) < 4.78 is 4.97. The molecular weight excluding hydrogens is 244 g/mol. The Balaban J connectivity index is 2.25. The molecule has 5 heteroatoms. The highest BCUT2D eigenvalue weighted by Crippen LogP contribution is 2.26. The zero-order valence-corrected chi connectivity index (χ0v) is 11.1. The Labute approximate surface area is 113 Å². The zero-order chi connectivity index (χ0) is 13.7. The number of oxime groups is 1. The lowest BCUT2D eigenvalue weighted by Gasteiger charge is -2.27. The molecule has 1 atom stereocenters. The summed E-state index contributed by atoms with van der Waals surface area (Å²) in [5.74, 6) is 0. The van der Waals surface area contributed by atoms with Crippen LogP contribution in [0.4, 0.5) is 5.69 Å². The smallest absolute Gasteiger partial charge is 0.0947 e. The molecule has 0 fully saturated rings. The van der Waals surface area contributed by atoms with Crippen molar-refractivity contribution in [2.24, 2.45) is 5.16 Å². The summed E-state index contributed by atoms with van der Waals surface area (Å²) in [5, 5.41) is 22.4. The standard InChI is InChI=1S/C14H20N2O3/c1-19-10-11(17)9-16-8-4-6-13(15-18)12-5-2-3-7-14(12)16/h2-3,5,7,11,17-18H,4,6,8-10H2,1H3/b15-13-. The van der Waals surface area contributed by atoms with Crippen molar-refractivity contribution < 1.29 is 15.1 Å². The van der Waals surface area contributed by atoms with Crippen molar-refractivity contribution in [3.05, 3.63) is 29.8 Å². The molecule has 0 aliphatic carbocycles. The Hall–Kier alpha value is -1.59. The number of aliphatic hydroxyl groups excluding tert-OH is 1. The third-order valence-corrected chi connectivity index (χ3v) is 3.31. The maximum atomic E-state index is 9.90. The van der Waals surface area contributed by atoms with E-state index in [4.69, 9.17) is 9.94 Å². The highest BCUT2D eigenvalue weighted by molar-refractivity contribution is 6.05. The van der Waals surface area contributed by atoms with Crippen LogP contribution in [0.25, 0.3) is 0 Å². The highest BCUT2D eigenvalue weighted by Gasteiger charge is 2.21. The summed E-state index contributed by atoms with van der Waals surface area (Å²) >= 11 is 0. The molecule has 1 aliphatic rings. The van der Waals surface area contributed by atoms with Gasteiger partial charge in [0, 0.05) is 31.5 Å². The molecule has 1 unspecified atom stereocenters. The number of benzene rings is 1. The normalized spacial score (nSPS) is 19.1. The molecule has 2 N–H and O–H groups in total. The summed E-state index contributed by atoms with van der Waals surface area (Å²) in [6, 6.07) is 7.82. The summed E-state index contributed by atoms with van der Waals surface area (Å²) in [4.78, 5) is 2.12. The molecule has 1 heterocycles. The molecule has 19 heavy (non-hydrogen) atoms. The van der Waals surface area contributed by atoms with Crippen LogP contribution < -0.4 is 4.90 Å². The van der Waals surface area contributed by atoms with Crippen LogP contribution in [0.15, 0.2) is 29.4 Å². The van der Waals surface area contributed by atoms with Gasteiger partial charge in [0.1, 0.15) is 0 Å². The van der Waals surface area contributed by atoms with E-state index in [-0.39, 0.29) is 0 Å². The number of β-amino-alcohol motifs (C(OH)–C–C–N with tert-alkyl or cyclic N) is 1. The SMILES string of the molecule is COCC(O)CN1CCC/C(=N/O)c2ccccc21. The van der Waals surface area contributed by atoms with Crippen LogP contribution in [0.3, 0.4) is 0 Å². The van der Waals surface area contributed by atoms with Gasteiger partial charge in [0.15, 0.2) is 0 Å². The first-order valence-electron chi connectivity index (χ1n) is 6.48. The van der Waals surface area contributed by atoms with Crippen LogP contribution in [0.2, 0.25) is 0 Å². The van der Waals surface area contributed by atoms with Gasteiger partial charge in [0.2, 0.25) is 0 Å². The van der Waals surface area contributed by atoms with Gasteiger partial charge in [0.25, 0.3) is 0 Å². The predicted octanol–water partition coefficient (Wildman–Crippen LogP) is 1.47. The van der Waals surface area contributed by atoms with Gasteiger partial charge in [-0.05, 0) is 18.9 Å². The van der Waals surface area contributed by atoms with Crippen molar-refractivity contribution >= 4 is 11.4 Å². The fourth-order valence-electron chi connectivity index (χ4n) is 2.48. The monoisotopic (exact) mass is 264 g/mol. The summed E-state index contributed by atoms with van der Waals surface area (Å²) in [6.07, 6.45) is 1.11. The van der Waals surface area contributed by atoms with Gasteiger partial charge >= 0.3 is 0 Å².